The first-order valence-corrected chi connectivity index (χ1v) is 27.5. The standard InChI is InChI=1S/C62H100O6/c1-4-7-10-13-16-19-22-25-28-30-32-34-37-40-43-46-49-52-55-61(64)67-58-59(57-66-60(63)54-51-48-45-42-39-36-33-27-24-21-18-15-12-9-6-3)68-62(65)56-53-50-47-44-41-38-35-31-29-26-23-20-17-14-11-8-5-2/h8-9,11-12,17-22,26-30,33,35,38,44,47,59H,4-7,10,13-16,23-25,31-32,34,36-37,39-43,45-46,48-58H2,1-3H3/b11-8-,12-9-,20-17-,21-18-,22-19-,29-26-,30-28-,33-27-,38-35-,47-44-. The van der Waals surface area contributed by atoms with Gasteiger partial charge in [-0.15, -0.1) is 0 Å². The summed E-state index contributed by atoms with van der Waals surface area (Å²) in [4.78, 5) is 38.1. The average molecular weight is 941 g/mol. The minimum Gasteiger partial charge on any atom is -0.462 e. The summed E-state index contributed by atoms with van der Waals surface area (Å²) in [6, 6.07) is 0. The van der Waals surface area contributed by atoms with Gasteiger partial charge in [-0.3, -0.25) is 14.4 Å². The van der Waals surface area contributed by atoms with Crippen LogP contribution in [0.25, 0.3) is 0 Å². The first-order valence-electron chi connectivity index (χ1n) is 27.5. The summed E-state index contributed by atoms with van der Waals surface area (Å²) in [5.74, 6) is -1.00. The lowest BCUT2D eigenvalue weighted by Crippen LogP contribution is -2.30. The molecule has 0 aromatic heterocycles. The van der Waals surface area contributed by atoms with Gasteiger partial charge in [-0.05, 0) is 122 Å². The van der Waals surface area contributed by atoms with Gasteiger partial charge in [-0.1, -0.05) is 213 Å². The third kappa shape index (κ3) is 52.8. The van der Waals surface area contributed by atoms with Crippen molar-refractivity contribution in [2.45, 2.75) is 239 Å². The van der Waals surface area contributed by atoms with Gasteiger partial charge in [0.1, 0.15) is 13.2 Å². The summed E-state index contributed by atoms with van der Waals surface area (Å²) in [6.45, 7) is 6.32. The zero-order valence-electron chi connectivity index (χ0n) is 43.8. The Kier molecular flexibility index (Phi) is 52.0. The number of hydrogen-bond donors (Lipinski definition) is 0. The largest absolute Gasteiger partial charge is 0.462 e. The van der Waals surface area contributed by atoms with Crippen molar-refractivity contribution < 1.29 is 28.6 Å². The number of rotatable bonds is 48. The van der Waals surface area contributed by atoms with E-state index in [1.54, 1.807) is 0 Å². The summed E-state index contributed by atoms with van der Waals surface area (Å²) in [5.41, 5.74) is 0. The molecular weight excluding hydrogens is 841 g/mol. The third-order valence-electron chi connectivity index (χ3n) is 11.2. The van der Waals surface area contributed by atoms with Gasteiger partial charge in [0, 0.05) is 19.3 Å². The molecule has 0 fully saturated rings. The van der Waals surface area contributed by atoms with E-state index < -0.39 is 6.10 Å². The van der Waals surface area contributed by atoms with Gasteiger partial charge >= 0.3 is 17.9 Å². The number of unbranched alkanes of at least 4 members (excludes halogenated alkanes) is 17. The monoisotopic (exact) mass is 941 g/mol. The molecule has 0 amide bonds. The molecule has 0 rings (SSSR count). The van der Waals surface area contributed by atoms with Gasteiger partial charge in [-0.25, -0.2) is 0 Å². The van der Waals surface area contributed by atoms with E-state index >= 15 is 0 Å². The van der Waals surface area contributed by atoms with Crippen molar-refractivity contribution in [2.75, 3.05) is 13.2 Å². The summed E-state index contributed by atoms with van der Waals surface area (Å²) >= 11 is 0. The van der Waals surface area contributed by atoms with E-state index in [0.29, 0.717) is 19.3 Å². The van der Waals surface area contributed by atoms with Crippen LogP contribution in [0.5, 0.6) is 0 Å². The zero-order chi connectivity index (χ0) is 49.3. The van der Waals surface area contributed by atoms with Crippen LogP contribution in [0.15, 0.2) is 122 Å². The second-order valence-electron chi connectivity index (χ2n) is 17.7. The topological polar surface area (TPSA) is 78.9 Å². The van der Waals surface area contributed by atoms with Gasteiger partial charge in [0.15, 0.2) is 6.10 Å². The van der Waals surface area contributed by atoms with Crippen molar-refractivity contribution in [1.29, 1.82) is 0 Å². The van der Waals surface area contributed by atoms with Crippen LogP contribution >= 0.6 is 0 Å². The second kappa shape index (κ2) is 55.4. The van der Waals surface area contributed by atoms with Crippen LogP contribution in [0.1, 0.15) is 233 Å². The van der Waals surface area contributed by atoms with Crippen molar-refractivity contribution in [2.24, 2.45) is 0 Å². The van der Waals surface area contributed by atoms with E-state index in [2.05, 4.69) is 142 Å². The van der Waals surface area contributed by atoms with Gasteiger partial charge in [0.05, 0.1) is 0 Å². The van der Waals surface area contributed by atoms with E-state index in [1.807, 2.05) is 0 Å². The van der Waals surface area contributed by atoms with Crippen molar-refractivity contribution in [3.63, 3.8) is 0 Å². The van der Waals surface area contributed by atoms with Crippen LogP contribution < -0.4 is 0 Å². The maximum absolute atomic E-state index is 12.8. The molecule has 0 spiro atoms. The van der Waals surface area contributed by atoms with Crippen molar-refractivity contribution in [3.8, 4) is 0 Å². The molecule has 0 aliphatic carbocycles. The quantitative estimate of drug-likeness (QED) is 0.0262. The number of esters is 3. The van der Waals surface area contributed by atoms with Gasteiger partial charge in [-0.2, -0.15) is 0 Å². The molecule has 384 valence electrons. The summed E-state index contributed by atoms with van der Waals surface area (Å²) in [5, 5.41) is 0. The molecule has 6 heteroatoms. The van der Waals surface area contributed by atoms with Gasteiger partial charge in [0.25, 0.3) is 0 Å². The first-order chi connectivity index (χ1) is 33.5. The van der Waals surface area contributed by atoms with E-state index in [0.717, 1.165) is 128 Å². The zero-order valence-corrected chi connectivity index (χ0v) is 43.8. The SMILES string of the molecule is CC/C=C\C/C=C\C/C=C\C/C=C\C/C=C\CCCC(=O)OC(COC(=O)CCCCCCC/C=C\C/C=C\C/C=C\CC)COC(=O)CCCCCCCCC/C=C\C/C=C\CCCCCC. The fraction of sp³-hybridized carbons (Fsp3) is 0.629. The van der Waals surface area contributed by atoms with E-state index in [1.165, 1.54) is 57.8 Å². The van der Waals surface area contributed by atoms with Crippen LogP contribution in [-0.4, -0.2) is 37.2 Å². The highest BCUT2D eigenvalue weighted by molar-refractivity contribution is 5.71. The molecule has 0 radical (unpaired) electrons. The van der Waals surface area contributed by atoms with Crippen LogP contribution in [0.4, 0.5) is 0 Å². The molecule has 6 nitrogen and oxygen atoms in total. The van der Waals surface area contributed by atoms with Crippen LogP contribution in [-0.2, 0) is 28.6 Å². The number of ether oxygens (including phenoxy) is 3. The minimum atomic E-state index is -0.822. The first kappa shape index (κ1) is 63.8. The maximum atomic E-state index is 12.8. The lowest BCUT2D eigenvalue weighted by atomic mass is 10.1. The predicted octanol–water partition coefficient (Wildman–Crippen LogP) is 18.5. The van der Waals surface area contributed by atoms with Crippen molar-refractivity contribution in [3.05, 3.63) is 122 Å². The van der Waals surface area contributed by atoms with E-state index in [4.69, 9.17) is 14.2 Å². The number of carbonyl (C=O) groups is 3. The number of carbonyl (C=O) groups excluding carboxylic acids is 3. The molecule has 0 saturated carbocycles. The lowest BCUT2D eigenvalue weighted by Gasteiger charge is -2.18. The second-order valence-corrected chi connectivity index (χ2v) is 17.7. The van der Waals surface area contributed by atoms with Crippen molar-refractivity contribution in [1.82, 2.24) is 0 Å². The molecule has 1 unspecified atom stereocenters. The highest BCUT2D eigenvalue weighted by Crippen LogP contribution is 2.13. The predicted molar refractivity (Wildman–Crippen MR) is 293 cm³/mol. The Bertz CT molecular complexity index is 1450. The van der Waals surface area contributed by atoms with Crippen LogP contribution in [0.2, 0.25) is 0 Å². The normalized spacial score (nSPS) is 13.0. The lowest BCUT2D eigenvalue weighted by molar-refractivity contribution is -0.167. The van der Waals surface area contributed by atoms with E-state index in [-0.39, 0.29) is 37.5 Å². The molecule has 0 N–H and O–H groups in total. The Hall–Kier alpha value is -4.19. The molecule has 0 heterocycles. The van der Waals surface area contributed by atoms with Gasteiger partial charge in [0.2, 0.25) is 0 Å². The summed E-state index contributed by atoms with van der Waals surface area (Å²) in [6.07, 6.45) is 76.1. The molecule has 0 aromatic carbocycles. The summed E-state index contributed by atoms with van der Waals surface area (Å²) < 4.78 is 16.8. The smallest absolute Gasteiger partial charge is 0.306 e. The van der Waals surface area contributed by atoms with Crippen LogP contribution in [0, 0.1) is 0 Å². The van der Waals surface area contributed by atoms with Crippen LogP contribution in [0.3, 0.4) is 0 Å². The molecule has 0 bridgehead atoms. The molecule has 68 heavy (non-hydrogen) atoms. The highest BCUT2D eigenvalue weighted by Gasteiger charge is 2.19. The summed E-state index contributed by atoms with van der Waals surface area (Å²) in [7, 11) is 0. The molecule has 0 saturated heterocycles. The Morgan fingerprint density at radius 3 is 0.941 bits per heavy atom. The molecular formula is C62H100O6. The Morgan fingerprint density at radius 2 is 0.588 bits per heavy atom. The minimum absolute atomic E-state index is 0.114. The Labute approximate surface area is 418 Å². The van der Waals surface area contributed by atoms with E-state index in [9.17, 15) is 14.4 Å². The fourth-order valence-electron chi connectivity index (χ4n) is 7.11. The van der Waals surface area contributed by atoms with Gasteiger partial charge < -0.3 is 14.2 Å². The molecule has 0 aliphatic rings. The highest BCUT2D eigenvalue weighted by atomic mass is 16.6. The Balaban J connectivity index is 4.53. The third-order valence-corrected chi connectivity index (χ3v) is 11.2. The maximum Gasteiger partial charge on any atom is 0.306 e. The number of hydrogen-bond acceptors (Lipinski definition) is 6. The molecule has 0 aliphatic heterocycles. The molecule has 0 aromatic rings. The number of allylic oxidation sites excluding steroid dienone is 20. The fourth-order valence-corrected chi connectivity index (χ4v) is 7.11. The molecule has 1 atom stereocenters. The Morgan fingerprint density at radius 1 is 0.309 bits per heavy atom. The van der Waals surface area contributed by atoms with Crippen molar-refractivity contribution >= 4 is 17.9 Å². The average Bonchev–Trinajstić information content (AvgIpc) is 3.34.